The number of anilines is 1. The molecule has 0 unspecified atom stereocenters. The van der Waals surface area contributed by atoms with E-state index in [1.165, 1.54) is 6.42 Å². The summed E-state index contributed by atoms with van der Waals surface area (Å²) in [6.07, 6.45) is 5.42. The second-order valence-electron chi connectivity index (χ2n) is 8.42. The number of carbonyl (C=O) groups is 2. The number of nitrogens with zero attached hydrogens (tertiary/aromatic N) is 1. The van der Waals surface area contributed by atoms with Gasteiger partial charge in [-0.2, -0.15) is 0 Å². The number of benzene rings is 2. The van der Waals surface area contributed by atoms with Gasteiger partial charge in [0.05, 0.1) is 13.5 Å². The number of fused-ring (bicyclic) bond motifs is 1. The molecular weight excluding hydrogens is 392 g/mol. The third-order valence-electron chi connectivity index (χ3n) is 6.13. The van der Waals surface area contributed by atoms with Crippen molar-refractivity contribution in [2.24, 2.45) is 0 Å². The first-order valence-corrected chi connectivity index (χ1v) is 11.1. The molecule has 2 aromatic rings. The molecule has 0 radical (unpaired) electrons. The fraction of sp³-hybridized carbons (Fsp3) is 0.440. The molecule has 0 aromatic heterocycles. The average Bonchev–Trinajstić information content (AvgIpc) is 2.90. The van der Waals surface area contributed by atoms with Crippen LogP contribution in [-0.4, -0.2) is 36.0 Å². The van der Waals surface area contributed by atoms with E-state index in [4.69, 9.17) is 9.47 Å². The maximum atomic E-state index is 13.0. The van der Waals surface area contributed by atoms with Gasteiger partial charge in [-0.25, -0.2) is 0 Å². The molecular formula is C25H30N2O4. The van der Waals surface area contributed by atoms with Crippen LogP contribution in [0.4, 0.5) is 5.69 Å². The van der Waals surface area contributed by atoms with Crippen LogP contribution in [-0.2, 0) is 22.6 Å². The molecule has 2 aromatic carbocycles. The predicted molar refractivity (Wildman–Crippen MR) is 119 cm³/mol. The first-order valence-electron chi connectivity index (χ1n) is 11.1. The molecule has 1 aliphatic heterocycles. The number of nitrogens with one attached hydrogen (secondary N) is 1. The number of rotatable bonds is 5. The third-order valence-corrected chi connectivity index (χ3v) is 6.13. The molecule has 1 aliphatic carbocycles. The van der Waals surface area contributed by atoms with Gasteiger partial charge >= 0.3 is 0 Å². The zero-order chi connectivity index (χ0) is 21.8. The van der Waals surface area contributed by atoms with Crippen molar-refractivity contribution in [2.75, 3.05) is 12.4 Å². The number of hydrogen-bond acceptors (Lipinski definition) is 4. The lowest BCUT2D eigenvalue weighted by molar-refractivity contribution is -0.140. The van der Waals surface area contributed by atoms with Crippen LogP contribution in [0.2, 0.25) is 0 Å². The maximum absolute atomic E-state index is 13.0. The maximum Gasteiger partial charge on any atom is 0.263 e. The summed E-state index contributed by atoms with van der Waals surface area (Å²) in [5, 5.41) is 2.98. The van der Waals surface area contributed by atoms with E-state index in [-0.39, 0.29) is 24.3 Å². The van der Waals surface area contributed by atoms with Crippen LogP contribution >= 0.6 is 0 Å². The van der Waals surface area contributed by atoms with Crippen LogP contribution in [0.3, 0.4) is 0 Å². The van der Waals surface area contributed by atoms with E-state index in [1.54, 1.807) is 7.11 Å². The zero-order valence-corrected chi connectivity index (χ0v) is 18.2. The van der Waals surface area contributed by atoms with Gasteiger partial charge in [0.15, 0.2) is 6.10 Å². The first-order chi connectivity index (χ1) is 15.0. The third kappa shape index (κ3) is 5.01. The van der Waals surface area contributed by atoms with Gasteiger partial charge in [-0.1, -0.05) is 31.4 Å². The van der Waals surface area contributed by atoms with Gasteiger partial charge in [-0.05, 0) is 55.7 Å². The minimum atomic E-state index is -0.503. The molecule has 4 rings (SSSR count). The molecule has 1 saturated carbocycles. The Hall–Kier alpha value is -3.02. The van der Waals surface area contributed by atoms with Gasteiger partial charge in [0, 0.05) is 23.8 Å². The van der Waals surface area contributed by atoms with Gasteiger partial charge in [0.1, 0.15) is 11.5 Å². The van der Waals surface area contributed by atoms with Gasteiger partial charge in [-0.15, -0.1) is 0 Å². The van der Waals surface area contributed by atoms with E-state index in [2.05, 4.69) is 5.32 Å². The summed E-state index contributed by atoms with van der Waals surface area (Å²) in [5.74, 6) is 1.39. The molecule has 6 nitrogen and oxygen atoms in total. The van der Waals surface area contributed by atoms with Crippen LogP contribution < -0.4 is 14.8 Å². The summed E-state index contributed by atoms with van der Waals surface area (Å²) in [5.41, 5.74) is 2.53. The highest BCUT2D eigenvalue weighted by Crippen LogP contribution is 2.32. The van der Waals surface area contributed by atoms with Crippen molar-refractivity contribution in [1.82, 2.24) is 4.90 Å². The van der Waals surface area contributed by atoms with E-state index < -0.39 is 6.10 Å². The summed E-state index contributed by atoms with van der Waals surface area (Å²) in [4.78, 5) is 27.5. The number of amides is 2. The smallest absolute Gasteiger partial charge is 0.263 e. The normalized spacial score (nSPS) is 19.2. The SMILES string of the molecule is COc1cccc(CC(=O)Nc2ccc3c(c2)CN(C2CCCCC2)C(=O)[C@H](C)O3)c1. The molecule has 1 N–H and O–H groups in total. The van der Waals surface area contributed by atoms with Crippen molar-refractivity contribution in [1.29, 1.82) is 0 Å². The molecule has 31 heavy (non-hydrogen) atoms. The molecule has 1 fully saturated rings. The molecule has 2 amide bonds. The van der Waals surface area contributed by atoms with Crippen molar-refractivity contribution < 1.29 is 19.1 Å². The van der Waals surface area contributed by atoms with Crippen molar-refractivity contribution in [3.8, 4) is 11.5 Å². The lowest BCUT2D eigenvalue weighted by atomic mass is 9.93. The van der Waals surface area contributed by atoms with Gasteiger partial charge < -0.3 is 19.7 Å². The number of carbonyl (C=O) groups excluding carboxylic acids is 2. The standard InChI is InChI=1S/C25H30N2O4/c1-17-25(29)27(21-8-4-3-5-9-21)16-19-15-20(11-12-23(19)31-17)26-24(28)14-18-7-6-10-22(13-18)30-2/h6-7,10-13,15,17,21H,3-5,8-9,14,16H2,1-2H3,(H,26,28)/t17-/m0/s1. The van der Waals surface area contributed by atoms with E-state index in [0.29, 0.717) is 18.0 Å². The van der Waals surface area contributed by atoms with Crippen LogP contribution in [0.5, 0.6) is 11.5 Å². The molecule has 1 atom stereocenters. The predicted octanol–water partition coefficient (Wildman–Crippen LogP) is 4.32. The Morgan fingerprint density at radius 2 is 1.97 bits per heavy atom. The van der Waals surface area contributed by atoms with Gasteiger partial charge in [0.25, 0.3) is 5.91 Å². The number of methoxy groups -OCH3 is 1. The highest BCUT2D eigenvalue weighted by atomic mass is 16.5. The minimum absolute atomic E-state index is 0.0479. The van der Waals surface area contributed by atoms with Crippen molar-refractivity contribution in [3.05, 3.63) is 53.6 Å². The Kier molecular flexibility index (Phi) is 6.44. The Morgan fingerprint density at radius 3 is 2.74 bits per heavy atom. The quantitative estimate of drug-likeness (QED) is 0.779. The zero-order valence-electron chi connectivity index (χ0n) is 18.2. The first kappa shape index (κ1) is 21.2. The fourth-order valence-electron chi connectivity index (χ4n) is 4.51. The lowest BCUT2D eigenvalue weighted by Gasteiger charge is -2.34. The van der Waals surface area contributed by atoms with E-state index in [9.17, 15) is 9.59 Å². The van der Waals surface area contributed by atoms with Crippen LogP contribution in [0.25, 0.3) is 0 Å². The Labute approximate surface area is 183 Å². The monoisotopic (exact) mass is 422 g/mol. The van der Waals surface area contributed by atoms with E-state index >= 15 is 0 Å². The topological polar surface area (TPSA) is 67.9 Å². The number of hydrogen-bond donors (Lipinski definition) is 1. The second-order valence-corrected chi connectivity index (χ2v) is 8.42. The highest BCUT2D eigenvalue weighted by Gasteiger charge is 2.33. The summed E-state index contributed by atoms with van der Waals surface area (Å²) in [7, 11) is 1.61. The van der Waals surface area contributed by atoms with Crippen LogP contribution in [0, 0.1) is 0 Å². The Balaban J connectivity index is 1.49. The molecule has 164 valence electrons. The van der Waals surface area contributed by atoms with Crippen LogP contribution in [0.1, 0.15) is 50.2 Å². The highest BCUT2D eigenvalue weighted by molar-refractivity contribution is 5.92. The summed E-state index contributed by atoms with van der Waals surface area (Å²) < 4.78 is 11.2. The summed E-state index contributed by atoms with van der Waals surface area (Å²) >= 11 is 0. The van der Waals surface area contributed by atoms with Gasteiger partial charge in [-0.3, -0.25) is 9.59 Å². The molecule has 0 bridgehead atoms. The fourth-order valence-corrected chi connectivity index (χ4v) is 4.51. The number of ether oxygens (including phenoxy) is 2. The summed E-state index contributed by atoms with van der Waals surface area (Å²) in [6.45, 7) is 2.33. The molecule has 2 aliphatic rings. The molecule has 0 saturated heterocycles. The Morgan fingerprint density at radius 1 is 1.16 bits per heavy atom. The Bertz CT molecular complexity index is 952. The van der Waals surface area contributed by atoms with E-state index in [1.807, 2.05) is 54.3 Å². The molecule has 1 heterocycles. The van der Waals surface area contributed by atoms with Crippen molar-refractivity contribution in [3.63, 3.8) is 0 Å². The van der Waals surface area contributed by atoms with Crippen molar-refractivity contribution >= 4 is 17.5 Å². The van der Waals surface area contributed by atoms with Crippen LogP contribution in [0.15, 0.2) is 42.5 Å². The second kappa shape index (κ2) is 9.41. The average molecular weight is 423 g/mol. The van der Waals surface area contributed by atoms with E-state index in [0.717, 1.165) is 42.6 Å². The molecule has 6 heteroatoms. The minimum Gasteiger partial charge on any atom is -0.497 e. The summed E-state index contributed by atoms with van der Waals surface area (Å²) in [6, 6.07) is 13.4. The van der Waals surface area contributed by atoms with Gasteiger partial charge in [0.2, 0.25) is 5.91 Å². The largest absolute Gasteiger partial charge is 0.497 e. The lowest BCUT2D eigenvalue weighted by Crippen LogP contribution is -2.45. The van der Waals surface area contributed by atoms with Crippen molar-refractivity contribution in [2.45, 2.75) is 64.1 Å². The molecule has 0 spiro atoms.